The first-order valence-electron chi connectivity index (χ1n) is 14.7. The van der Waals surface area contributed by atoms with E-state index in [1.54, 1.807) is 22.3 Å². The number of thiazole rings is 1. The summed E-state index contributed by atoms with van der Waals surface area (Å²) < 4.78 is 5.83. The lowest BCUT2D eigenvalue weighted by Crippen LogP contribution is -2.56. The number of nitrogens with zero attached hydrogens (tertiary/aromatic N) is 6. The van der Waals surface area contributed by atoms with Gasteiger partial charge < -0.3 is 25.0 Å². The van der Waals surface area contributed by atoms with Crippen LogP contribution in [0.15, 0.2) is 41.9 Å². The van der Waals surface area contributed by atoms with Gasteiger partial charge in [0.25, 0.3) is 5.91 Å². The van der Waals surface area contributed by atoms with Crippen LogP contribution in [0, 0.1) is 0 Å². The summed E-state index contributed by atoms with van der Waals surface area (Å²) >= 11 is 1.66. The van der Waals surface area contributed by atoms with E-state index in [0.717, 1.165) is 57.0 Å². The summed E-state index contributed by atoms with van der Waals surface area (Å²) in [6, 6.07) is 10.7. The van der Waals surface area contributed by atoms with Crippen molar-refractivity contribution in [3.05, 3.63) is 58.7 Å². The van der Waals surface area contributed by atoms with Crippen molar-refractivity contribution in [3.63, 3.8) is 0 Å². The van der Waals surface area contributed by atoms with E-state index in [1.807, 2.05) is 25.4 Å². The molecular weight excluding hydrogens is 538 g/mol. The zero-order valence-electron chi connectivity index (χ0n) is 23.8. The second kappa shape index (κ2) is 12.3. The molecule has 2 fully saturated rings. The summed E-state index contributed by atoms with van der Waals surface area (Å²) in [6.07, 6.45) is 4.68. The van der Waals surface area contributed by atoms with Crippen molar-refractivity contribution in [1.82, 2.24) is 24.8 Å². The number of benzene rings is 1. The highest BCUT2D eigenvalue weighted by Gasteiger charge is 2.36. The van der Waals surface area contributed by atoms with Crippen molar-refractivity contribution in [2.24, 2.45) is 0 Å². The van der Waals surface area contributed by atoms with Gasteiger partial charge in [0.1, 0.15) is 11.5 Å². The average Bonchev–Trinajstić information content (AvgIpc) is 3.52. The first-order chi connectivity index (χ1) is 19.9. The van der Waals surface area contributed by atoms with E-state index in [4.69, 9.17) is 4.74 Å². The Morgan fingerprint density at radius 2 is 1.90 bits per heavy atom. The molecule has 11 heteroatoms. The Balaban J connectivity index is 1.11. The van der Waals surface area contributed by atoms with Gasteiger partial charge in [-0.1, -0.05) is 24.3 Å². The number of piperidine rings is 2. The van der Waals surface area contributed by atoms with E-state index in [2.05, 4.69) is 54.3 Å². The van der Waals surface area contributed by atoms with Crippen LogP contribution in [0.25, 0.3) is 0 Å². The maximum absolute atomic E-state index is 13.7. The largest absolute Gasteiger partial charge is 0.461 e. The first-order valence-corrected chi connectivity index (χ1v) is 15.6. The van der Waals surface area contributed by atoms with Gasteiger partial charge in [-0.15, -0.1) is 11.3 Å². The molecule has 0 unspecified atom stereocenters. The number of likely N-dealkylation sites (tertiary alicyclic amines) is 1. The SMILES string of the molecule is CC(C)Oc1nc(NC2CCN(c3nccs3)CC2)cc(C(=O)N2CC[C@@H](N3CCc4ccccc4C3)[C@H](O)C2)n1. The van der Waals surface area contributed by atoms with E-state index < -0.39 is 6.10 Å². The van der Waals surface area contributed by atoms with Crippen molar-refractivity contribution < 1.29 is 14.6 Å². The number of carbonyl (C=O) groups is 1. The maximum Gasteiger partial charge on any atom is 0.319 e. The molecule has 2 atom stereocenters. The van der Waals surface area contributed by atoms with Crippen LogP contribution in [0.4, 0.5) is 10.9 Å². The van der Waals surface area contributed by atoms with Crippen molar-refractivity contribution in [1.29, 1.82) is 0 Å². The van der Waals surface area contributed by atoms with Crippen LogP contribution in [0.2, 0.25) is 0 Å². The summed E-state index contributed by atoms with van der Waals surface area (Å²) in [6.45, 7) is 8.27. The number of amides is 1. The Morgan fingerprint density at radius 1 is 1.10 bits per heavy atom. The summed E-state index contributed by atoms with van der Waals surface area (Å²) in [5, 5.41) is 17.7. The zero-order chi connectivity index (χ0) is 28.3. The van der Waals surface area contributed by atoms with E-state index in [1.165, 1.54) is 11.1 Å². The topological polar surface area (TPSA) is 107 Å². The molecule has 2 N–H and O–H groups in total. The molecule has 2 aromatic heterocycles. The Kier molecular flexibility index (Phi) is 8.36. The Hall–Kier alpha value is -3.28. The molecule has 41 heavy (non-hydrogen) atoms. The highest BCUT2D eigenvalue weighted by atomic mass is 32.1. The van der Waals surface area contributed by atoms with E-state index in [0.29, 0.717) is 12.4 Å². The monoisotopic (exact) mass is 577 g/mol. The lowest BCUT2D eigenvalue weighted by atomic mass is 9.94. The number of rotatable bonds is 7. The maximum atomic E-state index is 13.7. The van der Waals surface area contributed by atoms with Gasteiger partial charge >= 0.3 is 6.01 Å². The second-order valence-corrected chi connectivity index (χ2v) is 12.3. The van der Waals surface area contributed by atoms with Gasteiger partial charge in [-0.3, -0.25) is 9.69 Å². The number of carbonyl (C=O) groups excluding carboxylic acids is 1. The third-order valence-electron chi connectivity index (χ3n) is 8.27. The molecule has 1 amide bonds. The fraction of sp³-hybridized carbons (Fsp3) is 0.533. The predicted octanol–water partition coefficient (Wildman–Crippen LogP) is 3.43. The number of ether oxygens (including phenoxy) is 1. The minimum absolute atomic E-state index is 0.0325. The van der Waals surface area contributed by atoms with Crippen molar-refractivity contribution in [3.8, 4) is 6.01 Å². The standard InChI is InChI=1S/C30H39N7O3S/c1-20(2)40-29-33-24(17-27(34-29)32-23-8-13-35(14-9-23)30-31-11-16-41-30)28(39)37-15-10-25(26(38)19-37)36-12-7-21-5-3-4-6-22(21)18-36/h3-6,11,16-17,20,23,25-26,38H,7-10,12-15,18-19H2,1-2H3,(H,32,33,34)/t25-,26-/m1/s1. The Bertz CT molecular complexity index is 1330. The molecule has 3 aliphatic heterocycles. The predicted molar refractivity (Wildman–Crippen MR) is 160 cm³/mol. The highest BCUT2D eigenvalue weighted by Crippen LogP contribution is 2.27. The highest BCUT2D eigenvalue weighted by molar-refractivity contribution is 7.13. The van der Waals surface area contributed by atoms with Crippen LogP contribution in [0.5, 0.6) is 6.01 Å². The molecular formula is C30H39N7O3S. The normalized spacial score (nSPS) is 22.0. The van der Waals surface area contributed by atoms with E-state index in [-0.39, 0.29) is 42.3 Å². The molecule has 5 heterocycles. The number of nitrogens with one attached hydrogen (secondary N) is 1. The van der Waals surface area contributed by atoms with Crippen LogP contribution in [-0.2, 0) is 13.0 Å². The fourth-order valence-electron chi connectivity index (χ4n) is 6.16. The van der Waals surface area contributed by atoms with Gasteiger partial charge in [0.05, 0.1) is 12.2 Å². The van der Waals surface area contributed by atoms with Crippen molar-refractivity contribution in [2.75, 3.05) is 42.9 Å². The number of anilines is 2. The lowest BCUT2D eigenvalue weighted by molar-refractivity contribution is -0.0139. The number of hydrogen-bond acceptors (Lipinski definition) is 10. The molecule has 0 bridgehead atoms. The summed E-state index contributed by atoms with van der Waals surface area (Å²) in [5.41, 5.74) is 3.01. The number of aliphatic hydroxyl groups excluding tert-OH is 1. The third-order valence-corrected chi connectivity index (χ3v) is 9.10. The van der Waals surface area contributed by atoms with E-state index >= 15 is 0 Å². The van der Waals surface area contributed by atoms with Crippen molar-refractivity contribution >= 4 is 28.2 Å². The molecule has 0 spiro atoms. The number of hydrogen-bond donors (Lipinski definition) is 2. The van der Waals surface area contributed by atoms with Gasteiger partial charge in [0.15, 0.2) is 5.13 Å². The quantitative estimate of drug-likeness (QED) is 0.437. The minimum atomic E-state index is -0.619. The molecule has 218 valence electrons. The van der Waals surface area contributed by atoms with Crippen LogP contribution < -0.4 is 15.0 Å². The molecule has 1 aromatic carbocycles. The second-order valence-electron chi connectivity index (χ2n) is 11.5. The zero-order valence-corrected chi connectivity index (χ0v) is 24.6. The number of aromatic nitrogens is 3. The van der Waals surface area contributed by atoms with Crippen LogP contribution >= 0.6 is 11.3 Å². The summed E-state index contributed by atoms with van der Waals surface area (Å²) in [4.78, 5) is 33.5. The number of β-amino-alcohol motifs (C(OH)–C–C–N with tert-alkyl or cyclic N) is 1. The van der Waals surface area contributed by atoms with Crippen LogP contribution in [0.3, 0.4) is 0 Å². The average molecular weight is 578 g/mol. The molecule has 3 aliphatic rings. The lowest BCUT2D eigenvalue weighted by Gasteiger charge is -2.43. The molecule has 2 saturated heterocycles. The molecule has 10 nitrogen and oxygen atoms in total. The minimum Gasteiger partial charge on any atom is -0.461 e. The van der Waals surface area contributed by atoms with Gasteiger partial charge in [0, 0.05) is 69.0 Å². The molecule has 6 rings (SSSR count). The fourth-order valence-corrected chi connectivity index (χ4v) is 6.86. The Morgan fingerprint density at radius 3 is 2.63 bits per heavy atom. The van der Waals surface area contributed by atoms with Gasteiger partial charge in [0.2, 0.25) is 0 Å². The summed E-state index contributed by atoms with van der Waals surface area (Å²) in [5.74, 6) is 0.387. The van der Waals surface area contributed by atoms with Crippen molar-refractivity contribution in [2.45, 2.75) is 70.4 Å². The molecule has 0 aliphatic carbocycles. The molecule has 0 radical (unpaired) electrons. The van der Waals surface area contributed by atoms with Crippen LogP contribution in [0.1, 0.15) is 54.7 Å². The van der Waals surface area contributed by atoms with Gasteiger partial charge in [-0.2, -0.15) is 9.97 Å². The van der Waals surface area contributed by atoms with Gasteiger partial charge in [-0.25, -0.2) is 4.98 Å². The molecule has 3 aromatic rings. The van der Waals surface area contributed by atoms with E-state index in [9.17, 15) is 9.90 Å². The van der Waals surface area contributed by atoms with Gasteiger partial charge in [-0.05, 0) is 50.7 Å². The smallest absolute Gasteiger partial charge is 0.319 e. The third kappa shape index (κ3) is 6.47. The molecule has 0 saturated carbocycles. The number of aliphatic hydroxyl groups is 1. The Labute approximate surface area is 245 Å². The summed E-state index contributed by atoms with van der Waals surface area (Å²) in [7, 11) is 0. The first kappa shape index (κ1) is 27.9. The number of fused-ring (bicyclic) bond motifs is 1. The van der Waals surface area contributed by atoms with Crippen LogP contribution in [-0.4, -0.2) is 92.8 Å².